The zero-order valence-electron chi connectivity index (χ0n) is 43.9. The summed E-state index contributed by atoms with van der Waals surface area (Å²) < 4.78 is 99.8. The Balaban J connectivity index is 0.00000611. The van der Waals surface area contributed by atoms with Crippen molar-refractivity contribution >= 4 is 32.8 Å². The maximum Gasteiger partial charge on any atom is 0.268 e. The summed E-state index contributed by atoms with van der Waals surface area (Å²) >= 11 is 0. The van der Waals surface area contributed by atoms with Gasteiger partial charge in [0.2, 0.25) is 0 Å². The van der Waals surface area contributed by atoms with E-state index >= 15 is 0 Å². The van der Waals surface area contributed by atoms with E-state index in [1.54, 1.807) is 33.4 Å². The predicted molar refractivity (Wildman–Crippen MR) is 250 cm³/mol. The summed E-state index contributed by atoms with van der Waals surface area (Å²) in [6.45, 7) is 4.30. The number of fused-ring (bicyclic) bond motifs is 4. The van der Waals surface area contributed by atoms with Crippen LogP contribution in [-0.4, -0.2) is 14.1 Å². The quantitative estimate of drug-likeness (QED) is 0.107. The Kier molecular flexibility index (Phi) is 7.98. The molecule has 5 nitrogen and oxygen atoms in total. The molecule has 0 aliphatic heterocycles. The van der Waals surface area contributed by atoms with Crippen LogP contribution in [0.25, 0.3) is 83.4 Å². The van der Waals surface area contributed by atoms with Crippen LogP contribution >= 0.6 is 0 Å². The molecule has 0 unspecified atom stereocenters. The Morgan fingerprint density at radius 3 is 2.05 bits per heavy atom. The van der Waals surface area contributed by atoms with Crippen molar-refractivity contribution in [1.82, 2.24) is 14.1 Å². The first-order valence-electron chi connectivity index (χ1n) is 25.2. The minimum absolute atomic E-state index is 0. The molecule has 3 aromatic heterocycles. The Bertz CT molecular complexity index is 3880. The van der Waals surface area contributed by atoms with E-state index in [0.717, 1.165) is 44.3 Å². The summed E-state index contributed by atoms with van der Waals surface area (Å²) in [6, 6.07) is 43.5. The fourth-order valence-corrected chi connectivity index (χ4v) is 8.05. The molecule has 3 heterocycles. The van der Waals surface area contributed by atoms with Crippen LogP contribution in [0.15, 0.2) is 200 Å². The first-order chi connectivity index (χ1) is 34.7. The number of pyridine rings is 1. The molecule has 0 saturated carbocycles. The number of nitrogens with zero attached hydrogens (tertiary/aromatic N) is 4. The van der Waals surface area contributed by atoms with E-state index in [1.165, 1.54) is 0 Å². The molecule has 0 spiro atoms. The minimum atomic E-state index is -0.577. The van der Waals surface area contributed by atoms with Crippen molar-refractivity contribution in [2.45, 2.75) is 19.8 Å². The molecule has 0 amide bonds. The average molecular weight is 1000 g/mol. The summed E-state index contributed by atoms with van der Waals surface area (Å²) in [4.78, 5) is 4.78. The molecule has 0 N–H and O–H groups in total. The maximum atomic E-state index is 9.10. The first-order valence-corrected chi connectivity index (χ1v) is 20.2. The van der Waals surface area contributed by atoms with E-state index < -0.39 is 60.4 Å². The van der Waals surface area contributed by atoms with Crippen molar-refractivity contribution in [2.75, 3.05) is 0 Å². The molecular formula is C57H40N4OPt-2. The second-order valence-corrected chi connectivity index (χ2v) is 15.1. The topological polar surface area (TPSA) is 35.9 Å². The van der Waals surface area contributed by atoms with Crippen LogP contribution < -0.4 is 9.30 Å². The summed E-state index contributed by atoms with van der Waals surface area (Å²) in [6.07, 6.45) is 5.30. The van der Waals surface area contributed by atoms with Crippen LogP contribution in [0.2, 0.25) is 0 Å². The summed E-state index contributed by atoms with van der Waals surface area (Å²) in [5.74, 6) is 1.83. The zero-order chi connectivity index (χ0) is 50.3. The van der Waals surface area contributed by atoms with Crippen LogP contribution in [0.3, 0.4) is 0 Å². The van der Waals surface area contributed by atoms with E-state index in [9.17, 15) is 0 Å². The van der Waals surface area contributed by atoms with Gasteiger partial charge in [0.05, 0.1) is 30.4 Å². The van der Waals surface area contributed by atoms with Crippen LogP contribution in [0, 0.1) is 18.5 Å². The molecule has 8 aromatic carbocycles. The molecule has 11 rings (SSSR count). The third-order valence-electron chi connectivity index (χ3n) is 11.0. The van der Waals surface area contributed by atoms with Gasteiger partial charge in [-0.15, -0.1) is 29.7 Å². The van der Waals surface area contributed by atoms with Gasteiger partial charge in [0.25, 0.3) is 6.33 Å². The molecule has 0 aliphatic rings. The number of imidazole rings is 1. The molecule has 0 saturated heterocycles. The minimum Gasteiger partial charge on any atom is -0.510 e. The van der Waals surface area contributed by atoms with Gasteiger partial charge in [-0.2, -0.15) is 18.2 Å². The van der Waals surface area contributed by atoms with Crippen molar-refractivity contribution in [1.29, 1.82) is 0 Å². The molecular weight excluding hydrogens is 952 g/mol. The van der Waals surface area contributed by atoms with Crippen molar-refractivity contribution in [3.63, 3.8) is 0 Å². The Morgan fingerprint density at radius 2 is 1.30 bits per heavy atom. The molecule has 0 bridgehead atoms. The Morgan fingerprint density at radius 1 is 0.603 bits per heavy atom. The molecule has 0 atom stereocenters. The Hall–Kier alpha value is -7.33. The van der Waals surface area contributed by atoms with Crippen molar-refractivity contribution in [3.05, 3.63) is 224 Å². The monoisotopic (exact) mass is 1000 g/mol. The number of benzene rings is 8. The summed E-state index contributed by atoms with van der Waals surface area (Å²) in [7, 11) is 0. The maximum absolute atomic E-state index is 9.10. The average Bonchev–Trinajstić information content (AvgIpc) is 3.94. The van der Waals surface area contributed by atoms with E-state index in [1.807, 2.05) is 97.2 Å². The van der Waals surface area contributed by atoms with E-state index in [2.05, 4.69) is 55.1 Å². The fraction of sp³-hybridized carbons (Fsp3) is 0.0526. The Labute approximate surface area is 395 Å². The summed E-state index contributed by atoms with van der Waals surface area (Å²) in [5.41, 5.74) is 6.43. The third kappa shape index (κ3) is 7.35. The number of rotatable bonds is 9. The van der Waals surface area contributed by atoms with Gasteiger partial charge in [-0.1, -0.05) is 159 Å². The van der Waals surface area contributed by atoms with Gasteiger partial charge in [-0.25, -0.2) is 4.98 Å². The normalized spacial score (nSPS) is 13.6. The first kappa shape index (κ1) is 29.8. The standard InChI is InChI=1S/C57H40N4O.Pt/c1-39(2)43-32-33-58-56(35-43)61-52-27-13-12-24-50(52)51-30-29-47(37-54(51)61)62-46-23-14-22-45(36-46)59-38-60(53-31-28-44(34-55(53)59)40-16-6-3-7-17-40)57-48(41-18-8-4-9-19-41)25-15-26-49(57)42-20-10-5-11-21-42;/h3-35,39H,1-2H3;/q-2;/i4D,5D,8D,9D,10D,11D,18D,19D,20D,21D;. The van der Waals surface area contributed by atoms with Gasteiger partial charge in [0.15, 0.2) is 0 Å². The van der Waals surface area contributed by atoms with Gasteiger partial charge in [-0.3, -0.25) is 4.57 Å². The predicted octanol–water partition coefficient (Wildman–Crippen LogP) is 13.7. The number of ether oxygens (including phenoxy) is 1. The SMILES string of the molecule is [2H]c1c([2H])c([2H])c(-c2cccc(-c3c([2H])c([2H])c([2H])c([2H])c3[2H])c2-[n+]2[c-]n(-c3[c-]c(Oc4[c-]c5c(cc4)c4ccccc4n5-c4cc(C(C)C)ccn4)ccc3)c3cc(-c4ccccc4)ccc32)c([2H])c1[2H].[Pt]. The molecule has 0 fully saturated rings. The van der Waals surface area contributed by atoms with Gasteiger partial charge in [0.1, 0.15) is 5.82 Å². The van der Waals surface area contributed by atoms with Crippen molar-refractivity contribution in [3.8, 4) is 62.1 Å². The molecule has 0 aliphatic carbocycles. The number of hydrogen-bond acceptors (Lipinski definition) is 2. The van der Waals surface area contributed by atoms with Gasteiger partial charge < -0.3 is 13.9 Å². The van der Waals surface area contributed by atoms with Crippen LogP contribution in [-0.2, 0) is 21.1 Å². The second-order valence-electron chi connectivity index (χ2n) is 15.1. The van der Waals surface area contributed by atoms with Crippen LogP contribution in [0.1, 0.15) is 39.0 Å². The molecule has 0 radical (unpaired) electrons. The smallest absolute Gasteiger partial charge is 0.268 e. The number of hydrogen-bond donors (Lipinski definition) is 0. The summed E-state index contributed by atoms with van der Waals surface area (Å²) in [5, 5.41) is 2.02. The van der Waals surface area contributed by atoms with E-state index in [-0.39, 0.29) is 49.0 Å². The van der Waals surface area contributed by atoms with Crippen LogP contribution in [0.5, 0.6) is 11.5 Å². The molecule has 306 valence electrons. The second kappa shape index (κ2) is 16.9. The van der Waals surface area contributed by atoms with Gasteiger partial charge >= 0.3 is 0 Å². The molecule has 63 heavy (non-hydrogen) atoms. The van der Waals surface area contributed by atoms with E-state index in [4.69, 9.17) is 23.4 Å². The zero-order valence-corrected chi connectivity index (χ0v) is 36.1. The number of aromatic nitrogens is 4. The molecule has 11 aromatic rings. The molecule has 6 heteroatoms. The van der Waals surface area contributed by atoms with E-state index in [0.29, 0.717) is 34.1 Å². The van der Waals surface area contributed by atoms with Gasteiger partial charge in [0, 0.05) is 44.3 Å². The van der Waals surface area contributed by atoms with Crippen molar-refractivity contribution in [2.24, 2.45) is 0 Å². The third-order valence-corrected chi connectivity index (χ3v) is 11.0. The van der Waals surface area contributed by atoms with Crippen LogP contribution in [0.4, 0.5) is 0 Å². The van der Waals surface area contributed by atoms with Gasteiger partial charge in [-0.05, 0) is 80.2 Å². The number of para-hydroxylation sites is 2. The fourth-order valence-electron chi connectivity index (χ4n) is 8.05. The largest absolute Gasteiger partial charge is 0.510 e. The van der Waals surface area contributed by atoms with Crippen molar-refractivity contribution < 1.29 is 44.1 Å².